The summed E-state index contributed by atoms with van der Waals surface area (Å²) < 4.78 is 0.643. The van der Waals surface area contributed by atoms with Crippen LogP contribution in [0.3, 0.4) is 0 Å². The molecule has 0 saturated heterocycles. The van der Waals surface area contributed by atoms with E-state index in [9.17, 15) is 14.7 Å². The van der Waals surface area contributed by atoms with Crippen molar-refractivity contribution in [3.8, 4) is 0 Å². The first-order valence-corrected chi connectivity index (χ1v) is 6.66. The molecule has 0 aromatic heterocycles. The molecule has 0 aliphatic heterocycles. The Morgan fingerprint density at radius 2 is 1.75 bits per heavy atom. The number of carboxylic acids is 1. The first-order valence-electron chi connectivity index (χ1n) is 5.87. The molecular formula is C15H12BrNO3. The van der Waals surface area contributed by atoms with E-state index >= 15 is 0 Å². The number of nitrogens with one attached hydrogen (secondary N) is 1. The number of aromatic carboxylic acids is 1. The molecular weight excluding hydrogens is 322 g/mol. The Morgan fingerprint density at radius 3 is 2.30 bits per heavy atom. The van der Waals surface area contributed by atoms with Gasteiger partial charge >= 0.3 is 5.97 Å². The minimum absolute atomic E-state index is 0.117. The molecule has 0 aliphatic carbocycles. The zero-order valence-electron chi connectivity index (χ0n) is 10.5. The van der Waals surface area contributed by atoms with Crippen molar-refractivity contribution in [3.05, 3.63) is 58.6 Å². The fourth-order valence-corrected chi connectivity index (χ4v) is 2.12. The molecule has 0 atom stereocenters. The zero-order chi connectivity index (χ0) is 14.7. The summed E-state index contributed by atoms with van der Waals surface area (Å²) in [4.78, 5) is 23.5. The van der Waals surface area contributed by atoms with Crippen LogP contribution in [-0.2, 0) is 0 Å². The highest BCUT2D eigenvalue weighted by Crippen LogP contribution is 2.23. The summed E-state index contributed by atoms with van der Waals surface area (Å²) in [6, 6.07) is 10.1. The fraction of sp³-hybridized carbons (Fsp3) is 0.0667. The topological polar surface area (TPSA) is 66.4 Å². The van der Waals surface area contributed by atoms with Gasteiger partial charge in [-0.25, -0.2) is 4.79 Å². The van der Waals surface area contributed by atoms with Crippen LogP contribution in [0.25, 0.3) is 10.8 Å². The number of halogens is 1. The fourth-order valence-electron chi connectivity index (χ4n) is 1.98. The molecule has 0 fully saturated rings. The molecule has 2 aromatic carbocycles. The van der Waals surface area contributed by atoms with Gasteiger partial charge in [0.2, 0.25) is 0 Å². The SMILES string of the molecule is C=C(Br)CNC(=O)c1cccc2cccc(C(=O)O)c12. The maximum absolute atomic E-state index is 12.2. The van der Waals surface area contributed by atoms with E-state index in [1.54, 1.807) is 30.3 Å². The molecule has 0 saturated carbocycles. The monoisotopic (exact) mass is 333 g/mol. The van der Waals surface area contributed by atoms with E-state index in [0.29, 0.717) is 15.4 Å². The lowest BCUT2D eigenvalue weighted by molar-refractivity contribution is 0.0699. The lowest BCUT2D eigenvalue weighted by Crippen LogP contribution is -2.25. The van der Waals surface area contributed by atoms with Gasteiger partial charge in [0.1, 0.15) is 0 Å². The number of carboxylic acid groups (broad SMARTS) is 1. The maximum atomic E-state index is 12.2. The second kappa shape index (κ2) is 5.88. The van der Waals surface area contributed by atoms with Crippen LogP contribution in [0.2, 0.25) is 0 Å². The molecule has 2 rings (SSSR count). The van der Waals surface area contributed by atoms with Crippen LogP contribution >= 0.6 is 15.9 Å². The quantitative estimate of drug-likeness (QED) is 0.902. The van der Waals surface area contributed by atoms with Gasteiger partial charge in [-0.2, -0.15) is 0 Å². The van der Waals surface area contributed by atoms with Crippen LogP contribution < -0.4 is 5.32 Å². The Bertz CT molecular complexity index is 704. The summed E-state index contributed by atoms with van der Waals surface area (Å²) in [5.74, 6) is -1.38. The first-order chi connectivity index (χ1) is 9.50. The average Bonchev–Trinajstić information content (AvgIpc) is 2.43. The highest BCUT2D eigenvalue weighted by molar-refractivity contribution is 9.11. The van der Waals surface area contributed by atoms with Crippen molar-refractivity contribution in [1.82, 2.24) is 5.32 Å². The van der Waals surface area contributed by atoms with E-state index in [1.165, 1.54) is 6.07 Å². The van der Waals surface area contributed by atoms with E-state index < -0.39 is 5.97 Å². The largest absolute Gasteiger partial charge is 0.478 e. The van der Waals surface area contributed by atoms with E-state index in [2.05, 4.69) is 27.8 Å². The number of rotatable bonds is 4. The molecule has 102 valence electrons. The number of benzene rings is 2. The summed E-state index contributed by atoms with van der Waals surface area (Å²) in [5.41, 5.74) is 0.458. The first kappa shape index (κ1) is 14.3. The van der Waals surface area contributed by atoms with E-state index in [-0.39, 0.29) is 18.0 Å². The second-order valence-corrected chi connectivity index (χ2v) is 5.34. The number of carbonyl (C=O) groups is 2. The van der Waals surface area contributed by atoms with Gasteiger partial charge in [0.25, 0.3) is 5.91 Å². The summed E-state index contributed by atoms with van der Waals surface area (Å²) in [5, 5.41) is 13.1. The molecule has 2 aromatic rings. The molecule has 20 heavy (non-hydrogen) atoms. The van der Waals surface area contributed by atoms with Crippen molar-refractivity contribution in [1.29, 1.82) is 0 Å². The number of hydrogen-bond donors (Lipinski definition) is 2. The van der Waals surface area contributed by atoms with Gasteiger partial charge < -0.3 is 10.4 Å². The Balaban J connectivity index is 2.55. The zero-order valence-corrected chi connectivity index (χ0v) is 12.1. The lowest BCUT2D eigenvalue weighted by Gasteiger charge is -2.09. The highest BCUT2D eigenvalue weighted by Gasteiger charge is 2.16. The normalized spacial score (nSPS) is 10.2. The van der Waals surface area contributed by atoms with Crippen LogP contribution in [0.5, 0.6) is 0 Å². The molecule has 4 nitrogen and oxygen atoms in total. The average molecular weight is 334 g/mol. The number of carbonyl (C=O) groups excluding carboxylic acids is 1. The van der Waals surface area contributed by atoms with Gasteiger partial charge in [0.05, 0.1) is 5.56 Å². The molecule has 2 N–H and O–H groups in total. The van der Waals surface area contributed by atoms with Gasteiger partial charge in [-0.15, -0.1) is 0 Å². The predicted molar refractivity (Wildman–Crippen MR) is 81.3 cm³/mol. The van der Waals surface area contributed by atoms with Gasteiger partial charge in [0.15, 0.2) is 0 Å². The van der Waals surface area contributed by atoms with Crippen LogP contribution in [0.15, 0.2) is 47.5 Å². The van der Waals surface area contributed by atoms with Gasteiger partial charge in [-0.3, -0.25) is 4.79 Å². The predicted octanol–water partition coefficient (Wildman–Crippen LogP) is 3.18. The molecule has 0 spiro atoms. The molecule has 1 amide bonds. The summed E-state index contributed by atoms with van der Waals surface area (Å²) >= 11 is 3.16. The smallest absolute Gasteiger partial charge is 0.336 e. The standard InChI is InChI=1S/C15H12BrNO3/c1-9(16)8-17-14(18)11-6-2-4-10-5-3-7-12(13(10)11)15(19)20/h2-7H,1,8H2,(H,17,18)(H,19,20). The Kier molecular flexibility index (Phi) is 4.20. The van der Waals surface area contributed by atoms with E-state index in [4.69, 9.17) is 0 Å². The van der Waals surface area contributed by atoms with Crippen molar-refractivity contribution in [2.75, 3.05) is 6.54 Å². The Hall–Kier alpha value is -2.14. The third-order valence-corrected chi connectivity index (χ3v) is 3.10. The van der Waals surface area contributed by atoms with Crippen LogP contribution in [0.4, 0.5) is 0 Å². The molecule has 5 heteroatoms. The highest BCUT2D eigenvalue weighted by atomic mass is 79.9. The van der Waals surface area contributed by atoms with Gasteiger partial charge in [0, 0.05) is 22.0 Å². The van der Waals surface area contributed by atoms with Crippen LogP contribution in [-0.4, -0.2) is 23.5 Å². The number of hydrogen-bond acceptors (Lipinski definition) is 2. The molecule has 0 unspecified atom stereocenters. The second-order valence-electron chi connectivity index (χ2n) is 4.21. The van der Waals surface area contributed by atoms with Crippen molar-refractivity contribution in [3.63, 3.8) is 0 Å². The maximum Gasteiger partial charge on any atom is 0.336 e. The van der Waals surface area contributed by atoms with Gasteiger partial charge in [-0.05, 0) is 17.5 Å². The minimum atomic E-state index is -1.05. The molecule has 0 heterocycles. The van der Waals surface area contributed by atoms with Crippen molar-refractivity contribution >= 4 is 38.6 Å². The van der Waals surface area contributed by atoms with E-state index in [0.717, 1.165) is 5.39 Å². The Morgan fingerprint density at radius 1 is 1.15 bits per heavy atom. The summed E-state index contributed by atoms with van der Waals surface area (Å²) in [6.07, 6.45) is 0. The third-order valence-electron chi connectivity index (χ3n) is 2.82. The minimum Gasteiger partial charge on any atom is -0.478 e. The Labute approximate surface area is 124 Å². The summed E-state index contributed by atoms with van der Waals surface area (Å²) in [6.45, 7) is 3.92. The summed E-state index contributed by atoms with van der Waals surface area (Å²) in [7, 11) is 0. The molecule has 0 bridgehead atoms. The van der Waals surface area contributed by atoms with Gasteiger partial charge in [-0.1, -0.05) is 46.8 Å². The van der Waals surface area contributed by atoms with Crippen molar-refractivity contribution in [2.45, 2.75) is 0 Å². The van der Waals surface area contributed by atoms with E-state index in [1.807, 2.05) is 0 Å². The number of fused-ring (bicyclic) bond motifs is 1. The van der Waals surface area contributed by atoms with Crippen molar-refractivity contribution < 1.29 is 14.7 Å². The molecule has 0 radical (unpaired) electrons. The van der Waals surface area contributed by atoms with Crippen LogP contribution in [0.1, 0.15) is 20.7 Å². The third kappa shape index (κ3) is 2.88. The van der Waals surface area contributed by atoms with Crippen molar-refractivity contribution in [2.24, 2.45) is 0 Å². The number of amides is 1. The lowest BCUT2D eigenvalue weighted by atomic mass is 9.98. The molecule has 0 aliphatic rings. The van der Waals surface area contributed by atoms with Crippen LogP contribution in [0, 0.1) is 0 Å².